The summed E-state index contributed by atoms with van der Waals surface area (Å²) in [7, 11) is 0. The van der Waals surface area contributed by atoms with E-state index in [1.807, 2.05) is 27.7 Å². The molecule has 0 aliphatic heterocycles. The van der Waals surface area contributed by atoms with Crippen molar-refractivity contribution in [3.63, 3.8) is 0 Å². The zero-order valence-electron chi connectivity index (χ0n) is 16.4. The van der Waals surface area contributed by atoms with Gasteiger partial charge in [0.2, 0.25) is 0 Å². The molecule has 0 spiro atoms. The van der Waals surface area contributed by atoms with Gasteiger partial charge in [0.1, 0.15) is 11.3 Å². The van der Waals surface area contributed by atoms with E-state index in [1.165, 1.54) is 5.69 Å². The number of quaternary nitrogens is 1. The van der Waals surface area contributed by atoms with Crippen molar-refractivity contribution >= 4 is 27.6 Å². The van der Waals surface area contributed by atoms with E-state index < -0.39 is 0 Å². The lowest BCUT2D eigenvalue weighted by Gasteiger charge is -2.37. The highest BCUT2D eigenvalue weighted by molar-refractivity contribution is 6.11. The highest BCUT2D eigenvalue weighted by Gasteiger charge is 2.34. The predicted molar refractivity (Wildman–Crippen MR) is 105 cm³/mol. The Bertz CT molecular complexity index is 1010. The first-order chi connectivity index (χ1) is 11.8. The molecule has 0 N–H and O–H groups in total. The second-order valence-corrected chi connectivity index (χ2v) is 7.01. The van der Waals surface area contributed by atoms with Crippen molar-refractivity contribution in [3.05, 3.63) is 38.9 Å². The fraction of sp³-hybridized carbons (Fsp3) is 0.476. The molecule has 1 aromatic carbocycles. The van der Waals surface area contributed by atoms with Gasteiger partial charge in [-0.3, -0.25) is 4.48 Å². The number of fused-ring (bicyclic) bond motifs is 2. The SMILES string of the molecule is CC[N+](CC)(CC)c1c2cc(C)oc2c(C)c2oc(=O)c(C)c(C)c12. The van der Waals surface area contributed by atoms with Crippen LogP contribution in [0.15, 0.2) is 19.7 Å². The summed E-state index contributed by atoms with van der Waals surface area (Å²) in [4.78, 5) is 12.3. The third-order valence-electron chi connectivity index (χ3n) is 5.98. The number of benzene rings is 1. The molecule has 3 aromatic rings. The third kappa shape index (κ3) is 2.35. The van der Waals surface area contributed by atoms with Crippen molar-refractivity contribution in [2.45, 2.75) is 48.5 Å². The maximum absolute atomic E-state index is 12.3. The van der Waals surface area contributed by atoms with Crippen LogP contribution in [-0.4, -0.2) is 19.6 Å². The second-order valence-electron chi connectivity index (χ2n) is 7.01. The molecular weight excluding hydrogens is 314 g/mol. The number of rotatable bonds is 4. The van der Waals surface area contributed by atoms with Gasteiger partial charge in [-0.15, -0.1) is 0 Å². The lowest BCUT2D eigenvalue weighted by atomic mass is 9.97. The number of nitrogens with zero attached hydrogens (tertiary/aromatic N) is 1. The molecule has 0 unspecified atom stereocenters. The molecule has 4 heteroatoms. The highest BCUT2D eigenvalue weighted by atomic mass is 16.4. The fourth-order valence-electron chi connectivity index (χ4n) is 4.12. The first-order valence-electron chi connectivity index (χ1n) is 9.14. The molecular formula is C21H28NO3+. The fourth-order valence-corrected chi connectivity index (χ4v) is 4.12. The minimum atomic E-state index is -0.260. The largest absolute Gasteiger partial charge is 0.461 e. The van der Waals surface area contributed by atoms with Gasteiger partial charge in [0.15, 0.2) is 11.3 Å². The Hall–Kier alpha value is -2.07. The Morgan fingerprint density at radius 3 is 2.00 bits per heavy atom. The standard InChI is InChI=1S/C21H28NO3/c1-8-22(9-2,10-3)18-16-11-12(4)24-19(16)15(7)20-17(18)13(5)14(6)21(23)25-20/h11H,8-10H2,1-7H3/q+1. The molecule has 0 amide bonds. The van der Waals surface area contributed by atoms with Gasteiger partial charge >= 0.3 is 5.63 Å². The van der Waals surface area contributed by atoms with E-state index in [-0.39, 0.29) is 5.63 Å². The van der Waals surface area contributed by atoms with Crippen LogP contribution in [-0.2, 0) is 0 Å². The molecule has 25 heavy (non-hydrogen) atoms. The number of aryl methyl sites for hydroxylation is 3. The van der Waals surface area contributed by atoms with E-state index in [0.717, 1.165) is 57.4 Å². The Kier molecular flexibility index (Phi) is 4.28. The molecule has 2 aromatic heterocycles. The molecule has 0 aliphatic carbocycles. The highest BCUT2D eigenvalue weighted by Crippen LogP contribution is 2.44. The van der Waals surface area contributed by atoms with Crippen LogP contribution in [0.2, 0.25) is 0 Å². The van der Waals surface area contributed by atoms with E-state index in [2.05, 4.69) is 26.8 Å². The van der Waals surface area contributed by atoms with E-state index in [9.17, 15) is 4.79 Å². The number of furan rings is 1. The summed E-state index contributed by atoms with van der Waals surface area (Å²) < 4.78 is 12.6. The Morgan fingerprint density at radius 1 is 0.840 bits per heavy atom. The Balaban J connectivity index is 2.70. The monoisotopic (exact) mass is 342 g/mol. The molecule has 4 nitrogen and oxygen atoms in total. The first-order valence-corrected chi connectivity index (χ1v) is 9.14. The van der Waals surface area contributed by atoms with E-state index in [0.29, 0.717) is 11.1 Å². The first kappa shape index (κ1) is 17.7. The summed E-state index contributed by atoms with van der Waals surface area (Å²) in [6.07, 6.45) is 0. The second kappa shape index (κ2) is 6.03. The average Bonchev–Trinajstić information content (AvgIpc) is 2.99. The van der Waals surface area contributed by atoms with E-state index in [4.69, 9.17) is 8.83 Å². The summed E-state index contributed by atoms with van der Waals surface area (Å²) in [5.74, 6) is 0.882. The molecule has 0 aliphatic rings. The Labute approximate surface area is 148 Å². The van der Waals surface area contributed by atoms with Crippen LogP contribution in [0, 0.1) is 27.7 Å². The normalized spacial score (nSPS) is 12.4. The summed E-state index contributed by atoms with van der Waals surface area (Å²) in [6, 6.07) is 2.13. The summed E-state index contributed by atoms with van der Waals surface area (Å²) >= 11 is 0. The molecule has 0 fully saturated rings. The molecule has 2 heterocycles. The third-order valence-corrected chi connectivity index (χ3v) is 5.98. The zero-order valence-corrected chi connectivity index (χ0v) is 16.4. The van der Waals surface area contributed by atoms with Crippen LogP contribution >= 0.6 is 0 Å². The van der Waals surface area contributed by atoms with Gasteiger partial charge in [-0.1, -0.05) is 0 Å². The van der Waals surface area contributed by atoms with Gasteiger partial charge in [-0.25, -0.2) is 4.79 Å². The summed E-state index contributed by atoms with van der Waals surface area (Å²) in [5.41, 5.74) is 5.08. The topological polar surface area (TPSA) is 43.4 Å². The van der Waals surface area contributed by atoms with Crippen molar-refractivity contribution in [2.75, 3.05) is 19.6 Å². The lowest BCUT2D eigenvalue weighted by Crippen LogP contribution is -2.49. The molecule has 0 radical (unpaired) electrons. The van der Waals surface area contributed by atoms with Gasteiger partial charge in [0.25, 0.3) is 0 Å². The van der Waals surface area contributed by atoms with Crippen molar-refractivity contribution in [2.24, 2.45) is 0 Å². The molecule has 0 bridgehead atoms. The van der Waals surface area contributed by atoms with Crippen LogP contribution in [0.3, 0.4) is 0 Å². The van der Waals surface area contributed by atoms with Crippen LogP contribution < -0.4 is 10.1 Å². The molecule has 0 atom stereocenters. The predicted octanol–water partition coefficient (Wildman–Crippen LogP) is 5.14. The van der Waals surface area contributed by atoms with Gasteiger partial charge < -0.3 is 8.83 Å². The van der Waals surface area contributed by atoms with Crippen LogP contribution in [0.4, 0.5) is 5.69 Å². The molecule has 0 saturated heterocycles. The van der Waals surface area contributed by atoms with Gasteiger partial charge in [0.05, 0.1) is 30.4 Å². The smallest absolute Gasteiger partial charge is 0.339 e. The maximum atomic E-state index is 12.3. The number of hydrogen-bond acceptors (Lipinski definition) is 3. The molecule has 134 valence electrons. The Morgan fingerprint density at radius 2 is 1.44 bits per heavy atom. The van der Waals surface area contributed by atoms with E-state index >= 15 is 0 Å². The summed E-state index contributed by atoms with van der Waals surface area (Å²) in [6.45, 7) is 17.4. The quantitative estimate of drug-likeness (QED) is 0.487. The average molecular weight is 342 g/mol. The van der Waals surface area contributed by atoms with Crippen molar-refractivity contribution in [3.8, 4) is 0 Å². The molecule has 3 rings (SSSR count). The zero-order chi connectivity index (χ0) is 18.5. The van der Waals surface area contributed by atoms with Crippen LogP contribution in [0.5, 0.6) is 0 Å². The minimum absolute atomic E-state index is 0.260. The van der Waals surface area contributed by atoms with Crippen molar-refractivity contribution in [1.29, 1.82) is 0 Å². The summed E-state index contributed by atoms with van der Waals surface area (Å²) in [5, 5.41) is 2.22. The van der Waals surface area contributed by atoms with Crippen LogP contribution in [0.1, 0.15) is 43.2 Å². The van der Waals surface area contributed by atoms with E-state index in [1.54, 1.807) is 0 Å². The van der Waals surface area contributed by atoms with Gasteiger partial charge in [-0.2, -0.15) is 0 Å². The van der Waals surface area contributed by atoms with Gasteiger partial charge in [-0.05, 0) is 60.1 Å². The van der Waals surface area contributed by atoms with Gasteiger partial charge in [0, 0.05) is 11.1 Å². The van der Waals surface area contributed by atoms with Crippen LogP contribution in [0.25, 0.3) is 21.9 Å². The minimum Gasteiger partial charge on any atom is -0.461 e. The molecule has 0 saturated carbocycles. The van der Waals surface area contributed by atoms with Crippen molar-refractivity contribution < 1.29 is 8.83 Å². The lowest BCUT2D eigenvalue weighted by molar-refractivity contribution is 0.320. The van der Waals surface area contributed by atoms with Crippen molar-refractivity contribution in [1.82, 2.24) is 4.48 Å². The number of hydrogen-bond donors (Lipinski definition) is 0. The maximum Gasteiger partial charge on any atom is 0.339 e.